The minimum atomic E-state index is 0.0879. The van der Waals surface area contributed by atoms with Gasteiger partial charge < -0.3 is 5.32 Å². The van der Waals surface area contributed by atoms with Gasteiger partial charge in [0, 0.05) is 27.6 Å². The van der Waals surface area contributed by atoms with Crippen LogP contribution in [0.1, 0.15) is 35.8 Å². The van der Waals surface area contributed by atoms with E-state index in [0.717, 1.165) is 28.1 Å². The lowest BCUT2D eigenvalue weighted by atomic mass is 10.0. The van der Waals surface area contributed by atoms with Crippen LogP contribution >= 0.6 is 27.5 Å². The van der Waals surface area contributed by atoms with Crippen molar-refractivity contribution in [3.05, 3.63) is 69.2 Å². The summed E-state index contributed by atoms with van der Waals surface area (Å²) in [4.78, 5) is 14.7. The molecule has 3 nitrogen and oxygen atoms in total. The fourth-order valence-electron chi connectivity index (χ4n) is 2.91. The first kappa shape index (κ1) is 20.1. The normalized spacial score (nSPS) is 12.4. The molecule has 134 valence electrons. The molecular formula is C20H24BrClN2O. The fraction of sp³-hybridized carbons (Fsp3) is 0.350. The highest BCUT2D eigenvalue weighted by Gasteiger charge is 2.20. The quantitative estimate of drug-likeness (QED) is 0.579. The molecule has 0 radical (unpaired) electrons. The van der Waals surface area contributed by atoms with E-state index in [2.05, 4.69) is 46.1 Å². The summed E-state index contributed by atoms with van der Waals surface area (Å²) in [6, 6.07) is 15.5. The molecule has 5 heteroatoms. The maximum atomic E-state index is 12.3. The first-order valence-electron chi connectivity index (χ1n) is 8.54. The summed E-state index contributed by atoms with van der Waals surface area (Å²) in [6.45, 7) is 7.11. The summed E-state index contributed by atoms with van der Waals surface area (Å²) in [7, 11) is 0. The van der Waals surface area contributed by atoms with Crippen LogP contribution < -0.4 is 5.32 Å². The van der Waals surface area contributed by atoms with E-state index in [1.165, 1.54) is 0 Å². The predicted molar refractivity (Wildman–Crippen MR) is 108 cm³/mol. The lowest BCUT2D eigenvalue weighted by Gasteiger charge is -2.31. The van der Waals surface area contributed by atoms with E-state index in [1.54, 1.807) is 0 Å². The lowest BCUT2D eigenvalue weighted by molar-refractivity contribution is 0.0987. The molecule has 0 spiro atoms. The van der Waals surface area contributed by atoms with Crippen molar-refractivity contribution in [2.75, 3.05) is 26.2 Å². The van der Waals surface area contributed by atoms with E-state index in [9.17, 15) is 4.79 Å². The molecule has 25 heavy (non-hydrogen) atoms. The van der Waals surface area contributed by atoms with E-state index in [4.69, 9.17) is 11.6 Å². The Bertz CT molecular complexity index is 686. The monoisotopic (exact) mass is 422 g/mol. The van der Waals surface area contributed by atoms with Crippen LogP contribution in [0.25, 0.3) is 0 Å². The fourth-order valence-corrected chi connectivity index (χ4v) is 3.43. The molecule has 0 amide bonds. The number of hydrogen-bond acceptors (Lipinski definition) is 3. The Labute approximate surface area is 163 Å². The number of likely N-dealkylation sites (N-methyl/N-ethyl adjacent to an activating group) is 1. The van der Waals surface area contributed by atoms with Gasteiger partial charge >= 0.3 is 0 Å². The summed E-state index contributed by atoms with van der Waals surface area (Å²) in [5, 5.41) is 4.08. The van der Waals surface area contributed by atoms with Crippen LogP contribution in [0.15, 0.2) is 53.0 Å². The second-order valence-corrected chi connectivity index (χ2v) is 7.14. The number of rotatable bonds is 9. The van der Waals surface area contributed by atoms with Crippen molar-refractivity contribution in [2.45, 2.75) is 19.9 Å². The molecular weight excluding hydrogens is 400 g/mol. The summed E-state index contributed by atoms with van der Waals surface area (Å²) in [6.07, 6.45) is 0. The summed E-state index contributed by atoms with van der Waals surface area (Å²) in [5.41, 5.74) is 1.81. The average Bonchev–Trinajstić information content (AvgIpc) is 2.62. The standard InChI is InChI=1S/C20H24BrClN2O/c1-3-24(4-2)19(17-7-5-6-8-18(17)22)13-23-14-20(25)15-9-11-16(21)12-10-15/h5-12,19,23H,3-4,13-14H2,1-2H3. The first-order chi connectivity index (χ1) is 12.1. The number of Topliss-reactive ketones (excluding diaryl/α,β-unsaturated/α-hetero) is 1. The molecule has 0 aromatic heterocycles. The van der Waals surface area contributed by atoms with Gasteiger partial charge in [0.25, 0.3) is 0 Å². The molecule has 0 aliphatic rings. The third-order valence-corrected chi connectivity index (χ3v) is 5.18. The zero-order valence-corrected chi connectivity index (χ0v) is 17.0. The van der Waals surface area contributed by atoms with Gasteiger partial charge in [0.05, 0.1) is 6.54 Å². The number of carbonyl (C=O) groups is 1. The van der Waals surface area contributed by atoms with Crippen LogP contribution in [-0.2, 0) is 0 Å². The van der Waals surface area contributed by atoms with Crippen molar-refractivity contribution in [3.63, 3.8) is 0 Å². The Morgan fingerprint density at radius 2 is 1.76 bits per heavy atom. The van der Waals surface area contributed by atoms with Gasteiger partial charge in [0.15, 0.2) is 5.78 Å². The highest BCUT2D eigenvalue weighted by atomic mass is 79.9. The smallest absolute Gasteiger partial charge is 0.176 e. The van der Waals surface area contributed by atoms with E-state index < -0.39 is 0 Å². The molecule has 1 unspecified atom stereocenters. The highest BCUT2D eigenvalue weighted by molar-refractivity contribution is 9.10. The van der Waals surface area contributed by atoms with Gasteiger partial charge in [-0.15, -0.1) is 0 Å². The highest BCUT2D eigenvalue weighted by Crippen LogP contribution is 2.26. The second kappa shape index (κ2) is 10.1. The number of ketones is 1. The maximum absolute atomic E-state index is 12.3. The van der Waals surface area contributed by atoms with E-state index in [1.807, 2.05) is 42.5 Å². The van der Waals surface area contributed by atoms with Crippen LogP contribution in [0.3, 0.4) is 0 Å². The van der Waals surface area contributed by atoms with E-state index >= 15 is 0 Å². The molecule has 0 saturated heterocycles. The van der Waals surface area contributed by atoms with Gasteiger partial charge in [-0.3, -0.25) is 9.69 Å². The number of nitrogens with one attached hydrogen (secondary N) is 1. The molecule has 1 N–H and O–H groups in total. The number of halogens is 2. The number of carbonyl (C=O) groups excluding carboxylic acids is 1. The van der Waals surface area contributed by atoms with Gasteiger partial charge in [-0.2, -0.15) is 0 Å². The van der Waals surface area contributed by atoms with Crippen LogP contribution in [0.4, 0.5) is 0 Å². The van der Waals surface area contributed by atoms with Gasteiger partial charge in [0.2, 0.25) is 0 Å². The number of nitrogens with zero attached hydrogens (tertiary/aromatic N) is 1. The van der Waals surface area contributed by atoms with Gasteiger partial charge in [-0.05, 0) is 36.9 Å². The average molecular weight is 424 g/mol. The Morgan fingerprint density at radius 1 is 1.12 bits per heavy atom. The molecule has 2 rings (SSSR count). The molecule has 0 fully saturated rings. The van der Waals surface area contributed by atoms with Gasteiger partial charge in [-0.1, -0.05) is 71.7 Å². The zero-order valence-electron chi connectivity index (χ0n) is 14.6. The molecule has 0 aliphatic heterocycles. The van der Waals surface area contributed by atoms with Gasteiger partial charge in [-0.25, -0.2) is 0 Å². The van der Waals surface area contributed by atoms with Crippen molar-refractivity contribution >= 4 is 33.3 Å². The van der Waals surface area contributed by atoms with Crippen LogP contribution in [-0.4, -0.2) is 36.9 Å². The number of benzene rings is 2. The second-order valence-electron chi connectivity index (χ2n) is 5.82. The van der Waals surface area contributed by atoms with Crippen molar-refractivity contribution < 1.29 is 4.79 Å². The lowest BCUT2D eigenvalue weighted by Crippen LogP contribution is -2.37. The number of hydrogen-bond donors (Lipinski definition) is 1. The third-order valence-electron chi connectivity index (χ3n) is 4.31. The molecule has 0 aliphatic carbocycles. The Kier molecular flexibility index (Phi) is 8.10. The van der Waals surface area contributed by atoms with Crippen LogP contribution in [0.5, 0.6) is 0 Å². The van der Waals surface area contributed by atoms with Crippen molar-refractivity contribution in [2.24, 2.45) is 0 Å². The summed E-state index contributed by atoms with van der Waals surface area (Å²) >= 11 is 9.79. The van der Waals surface area contributed by atoms with Crippen LogP contribution in [0.2, 0.25) is 5.02 Å². The molecule has 1 atom stereocenters. The molecule has 2 aromatic carbocycles. The summed E-state index contributed by atoms with van der Waals surface area (Å²) in [5.74, 6) is 0.0879. The van der Waals surface area contributed by atoms with Crippen molar-refractivity contribution in [1.29, 1.82) is 0 Å². The molecule has 0 saturated carbocycles. The molecule has 2 aromatic rings. The van der Waals surface area contributed by atoms with E-state index in [-0.39, 0.29) is 11.8 Å². The van der Waals surface area contributed by atoms with Gasteiger partial charge in [0.1, 0.15) is 0 Å². The van der Waals surface area contributed by atoms with Crippen LogP contribution in [0, 0.1) is 0 Å². The molecule has 0 bridgehead atoms. The van der Waals surface area contributed by atoms with Crippen molar-refractivity contribution in [3.8, 4) is 0 Å². The van der Waals surface area contributed by atoms with E-state index in [0.29, 0.717) is 18.7 Å². The predicted octanol–water partition coefficient (Wildman–Crippen LogP) is 4.96. The minimum Gasteiger partial charge on any atom is -0.308 e. The maximum Gasteiger partial charge on any atom is 0.176 e. The Balaban J connectivity index is 2.03. The first-order valence-corrected chi connectivity index (χ1v) is 9.71. The largest absolute Gasteiger partial charge is 0.308 e. The Hall–Kier alpha value is -1.20. The van der Waals surface area contributed by atoms with Crippen molar-refractivity contribution in [1.82, 2.24) is 10.2 Å². The topological polar surface area (TPSA) is 32.3 Å². The summed E-state index contributed by atoms with van der Waals surface area (Å²) < 4.78 is 0.970. The third kappa shape index (κ3) is 5.65. The SMILES string of the molecule is CCN(CC)C(CNCC(=O)c1ccc(Br)cc1)c1ccccc1Cl. The Morgan fingerprint density at radius 3 is 2.36 bits per heavy atom. The molecule has 0 heterocycles. The minimum absolute atomic E-state index is 0.0879. The zero-order chi connectivity index (χ0) is 18.2.